The fourth-order valence-electron chi connectivity index (χ4n) is 1.59. The lowest BCUT2D eigenvalue weighted by atomic mass is 10.1. The molecule has 2 rings (SSSR count). The van der Waals surface area contributed by atoms with Gasteiger partial charge in [0.05, 0.1) is 12.4 Å². The van der Waals surface area contributed by atoms with Gasteiger partial charge in [-0.05, 0) is 29.9 Å². The van der Waals surface area contributed by atoms with Crippen molar-refractivity contribution in [3.05, 3.63) is 35.9 Å². The number of hydrogen-bond acceptors (Lipinski definition) is 2. The third-order valence-corrected chi connectivity index (χ3v) is 3.04. The van der Waals surface area contributed by atoms with E-state index in [1.807, 2.05) is 35.0 Å². The summed E-state index contributed by atoms with van der Waals surface area (Å²) in [4.78, 5) is 0. The van der Waals surface area contributed by atoms with Crippen LogP contribution in [0, 0.1) is 0 Å². The Labute approximate surface area is 116 Å². The van der Waals surface area contributed by atoms with Gasteiger partial charge < -0.3 is 0 Å². The maximum absolute atomic E-state index is 4.17. The molecule has 0 atom stereocenters. The van der Waals surface area contributed by atoms with Crippen LogP contribution < -0.4 is 0 Å². The van der Waals surface area contributed by atoms with Crippen molar-refractivity contribution in [1.29, 1.82) is 0 Å². The van der Waals surface area contributed by atoms with Gasteiger partial charge in [0.25, 0.3) is 0 Å². The number of hydrogen-bond donors (Lipinski definition) is 0. The predicted octanol–water partition coefficient (Wildman–Crippen LogP) is 3.57. The highest BCUT2D eigenvalue weighted by molar-refractivity contribution is 5.08. The van der Waals surface area contributed by atoms with Crippen LogP contribution in [0.1, 0.15) is 57.6 Å². The van der Waals surface area contributed by atoms with Crippen LogP contribution in [-0.4, -0.2) is 19.6 Å². The van der Waals surface area contributed by atoms with E-state index in [1.54, 1.807) is 0 Å². The molecule has 0 amide bonds. The molecule has 2 aromatic heterocycles. The molecule has 0 N–H and O–H groups in total. The molecule has 0 unspecified atom stereocenters. The van der Waals surface area contributed by atoms with Gasteiger partial charge in [0, 0.05) is 26.0 Å². The summed E-state index contributed by atoms with van der Waals surface area (Å²) in [6.45, 7) is 11.7. The van der Waals surface area contributed by atoms with Gasteiger partial charge in [-0.3, -0.25) is 9.36 Å². The van der Waals surface area contributed by atoms with Crippen LogP contribution in [0.15, 0.2) is 24.8 Å². The smallest absolute Gasteiger partial charge is 0.0524 e. The third kappa shape index (κ3) is 4.89. The van der Waals surface area contributed by atoms with Gasteiger partial charge in [-0.2, -0.15) is 10.2 Å². The predicted molar refractivity (Wildman–Crippen MR) is 79.3 cm³/mol. The van der Waals surface area contributed by atoms with Crippen molar-refractivity contribution in [2.75, 3.05) is 0 Å². The van der Waals surface area contributed by atoms with Gasteiger partial charge in [0.2, 0.25) is 0 Å². The third-order valence-electron chi connectivity index (χ3n) is 3.04. The standard InChI is InChI=1S/C8H14N2.C7H12N2/c1-4-10-6-8(5-9-10)7(2)3;1-6(2)7-4-8-9(3)5-7/h5-7H,4H2,1-3H3;4-6H,1-3H3. The molecule has 0 fully saturated rings. The Morgan fingerprint density at radius 2 is 1.47 bits per heavy atom. The van der Waals surface area contributed by atoms with E-state index >= 15 is 0 Å². The Bertz CT molecular complexity index is 480. The van der Waals surface area contributed by atoms with E-state index in [0.29, 0.717) is 11.8 Å². The Morgan fingerprint density at radius 1 is 0.947 bits per heavy atom. The molecule has 0 aliphatic carbocycles. The Morgan fingerprint density at radius 3 is 1.74 bits per heavy atom. The van der Waals surface area contributed by atoms with Crippen molar-refractivity contribution in [3.8, 4) is 0 Å². The molecule has 2 aromatic rings. The zero-order valence-electron chi connectivity index (χ0n) is 13.0. The van der Waals surface area contributed by atoms with Crippen molar-refractivity contribution < 1.29 is 0 Å². The van der Waals surface area contributed by atoms with Crippen LogP contribution in [-0.2, 0) is 13.6 Å². The van der Waals surface area contributed by atoms with Gasteiger partial charge in [-0.25, -0.2) is 0 Å². The molecule has 4 nitrogen and oxygen atoms in total. The molecule has 0 saturated carbocycles. The van der Waals surface area contributed by atoms with Gasteiger partial charge >= 0.3 is 0 Å². The molecule has 0 bridgehead atoms. The van der Waals surface area contributed by atoms with Crippen LogP contribution in [0.3, 0.4) is 0 Å². The van der Waals surface area contributed by atoms with Crippen molar-refractivity contribution in [2.24, 2.45) is 7.05 Å². The Kier molecular flexibility index (Phi) is 5.80. The van der Waals surface area contributed by atoms with Crippen LogP contribution in [0.4, 0.5) is 0 Å². The first-order valence-corrected chi connectivity index (χ1v) is 6.94. The quantitative estimate of drug-likeness (QED) is 0.847. The molecular weight excluding hydrogens is 236 g/mol. The average molecular weight is 262 g/mol. The lowest BCUT2D eigenvalue weighted by Crippen LogP contribution is -1.92. The van der Waals surface area contributed by atoms with E-state index in [-0.39, 0.29) is 0 Å². The minimum Gasteiger partial charge on any atom is -0.276 e. The summed E-state index contributed by atoms with van der Waals surface area (Å²) in [6.07, 6.45) is 7.99. The fraction of sp³-hybridized carbons (Fsp3) is 0.600. The first kappa shape index (κ1) is 15.5. The van der Waals surface area contributed by atoms with E-state index in [9.17, 15) is 0 Å². The van der Waals surface area contributed by atoms with Gasteiger partial charge in [0.15, 0.2) is 0 Å². The highest BCUT2D eigenvalue weighted by atomic mass is 15.3. The number of rotatable bonds is 3. The van der Waals surface area contributed by atoms with Crippen molar-refractivity contribution in [2.45, 2.75) is 53.0 Å². The highest BCUT2D eigenvalue weighted by Crippen LogP contribution is 2.12. The maximum atomic E-state index is 4.17. The summed E-state index contributed by atoms with van der Waals surface area (Å²) in [5.41, 5.74) is 2.62. The molecule has 2 heterocycles. The van der Waals surface area contributed by atoms with E-state index in [1.165, 1.54) is 11.1 Å². The Balaban J connectivity index is 0.000000191. The van der Waals surface area contributed by atoms with Crippen LogP contribution in [0.5, 0.6) is 0 Å². The minimum absolute atomic E-state index is 0.596. The zero-order valence-corrected chi connectivity index (χ0v) is 13.0. The molecular formula is C15H26N4. The summed E-state index contributed by atoms with van der Waals surface area (Å²) >= 11 is 0. The van der Waals surface area contributed by atoms with Gasteiger partial charge in [-0.15, -0.1) is 0 Å². The van der Waals surface area contributed by atoms with Crippen molar-refractivity contribution in [3.63, 3.8) is 0 Å². The molecule has 4 heteroatoms. The van der Waals surface area contributed by atoms with E-state index in [4.69, 9.17) is 0 Å². The molecule has 0 aliphatic rings. The van der Waals surface area contributed by atoms with E-state index in [0.717, 1.165) is 6.54 Å². The fourth-order valence-corrected chi connectivity index (χ4v) is 1.59. The summed E-state index contributed by atoms with van der Waals surface area (Å²) in [7, 11) is 1.94. The topological polar surface area (TPSA) is 35.6 Å². The maximum Gasteiger partial charge on any atom is 0.0524 e. The molecule has 0 aromatic carbocycles. The van der Waals surface area contributed by atoms with Crippen LogP contribution >= 0.6 is 0 Å². The number of nitrogens with zero attached hydrogens (tertiary/aromatic N) is 4. The van der Waals surface area contributed by atoms with Crippen molar-refractivity contribution >= 4 is 0 Å². The summed E-state index contributed by atoms with van der Waals surface area (Å²) in [6, 6.07) is 0. The largest absolute Gasteiger partial charge is 0.276 e. The summed E-state index contributed by atoms with van der Waals surface area (Å²) in [5.74, 6) is 1.19. The van der Waals surface area contributed by atoms with Crippen LogP contribution in [0.2, 0.25) is 0 Å². The average Bonchev–Trinajstić information content (AvgIpc) is 2.97. The lowest BCUT2D eigenvalue weighted by Gasteiger charge is -1.96. The van der Waals surface area contributed by atoms with Gasteiger partial charge in [0.1, 0.15) is 0 Å². The first-order chi connectivity index (χ1) is 8.93. The Hall–Kier alpha value is -1.58. The molecule has 0 radical (unpaired) electrons. The molecule has 19 heavy (non-hydrogen) atoms. The zero-order chi connectivity index (χ0) is 14.4. The highest BCUT2D eigenvalue weighted by Gasteiger charge is 2.00. The summed E-state index contributed by atoms with van der Waals surface area (Å²) < 4.78 is 3.78. The lowest BCUT2D eigenvalue weighted by molar-refractivity contribution is 0.658. The second kappa shape index (κ2) is 7.12. The second-order valence-corrected chi connectivity index (χ2v) is 5.39. The molecule has 0 saturated heterocycles. The minimum atomic E-state index is 0.596. The molecule has 106 valence electrons. The normalized spacial score (nSPS) is 10.7. The number of aryl methyl sites for hydroxylation is 2. The van der Waals surface area contributed by atoms with E-state index < -0.39 is 0 Å². The van der Waals surface area contributed by atoms with E-state index in [2.05, 4.69) is 51.0 Å². The monoisotopic (exact) mass is 262 g/mol. The molecule has 0 spiro atoms. The second-order valence-electron chi connectivity index (χ2n) is 5.39. The number of aromatic nitrogens is 4. The van der Waals surface area contributed by atoms with Crippen LogP contribution in [0.25, 0.3) is 0 Å². The molecule has 0 aliphatic heterocycles. The van der Waals surface area contributed by atoms with Gasteiger partial charge in [-0.1, -0.05) is 27.7 Å². The SMILES string of the molecule is CC(C)c1cnn(C)c1.CCn1cc(C(C)C)cn1. The first-order valence-electron chi connectivity index (χ1n) is 6.94. The summed E-state index contributed by atoms with van der Waals surface area (Å²) in [5, 5.41) is 8.23. The van der Waals surface area contributed by atoms with Crippen molar-refractivity contribution in [1.82, 2.24) is 19.6 Å².